The van der Waals surface area contributed by atoms with Crippen molar-refractivity contribution in [2.24, 2.45) is 0 Å². The fourth-order valence-corrected chi connectivity index (χ4v) is 6.50. The molecule has 1 amide bonds. The van der Waals surface area contributed by atoms with Crippen molar-refractivity contribution in [2.75, 3.05) is 18.0 Å². The molecule has 6 aromatic rings. The van der Waals surface area contributed by atoms with E-state index in [2.05, 4.69) is 107 Å². The monoisotopic (exact) mass is 609 g/mol. The van der Waals surface area contributed by atoms with E-state index < -0.39 is 0 Å². The molecule has 1 saturated heterocycles. The third kappa shape index (κ3) is 6.86. The second-order valence-corrected chi connectivity index (χ2v) is 12.2. The first-order chi connectivity index (χ1) is 22.6. The van der Waals surface area contributed by atoms with Crippen LogP contribution in [0.25, 0.3) is 21.5 Å². The van der Waals surface area contributed by atoms with Crippen molar-refractivity contribution in [3.63, 3.8) is 0 Å². The molecule has 7 rings (SSSR count). The average Bonchev–Trinajstić information content (AvgIpc) is 3.58. The van der Waals surface area contributed by atoms with Crippen molar-refractivity contribution >= 4 is 33.1 Å². The van der Waals surface area contributed by atoms with E-state index in [1.807, 2.05) is 33.8 Å². The normalized spacial score (nSPS) is 16.5. The number of nitrogens with one attached hydrogen (secondary N) is 1. The molecule has 0 radical (unpaired) electrons. The second kappa shape index (κ2) is 13.6. The van der Waals surface area contributed by atoms with E-state index in [4.69, 9.17) is 4.74 Å². The standard InChI is InChI=1S/C39H39N5O2/c1-28(45)44(25-30-13-15-32-8-2-4-10-34(32)21-30)36-12-6-7-29(23-36)18-20-43-26-38(41-42-43)37-17-19-40-24-39(37)46-27-31-14-16-33-9-3-5-11-35(33)22-31/h2-16,21-23,26,37,39-40H,17-20,24-25,27H2,1H3/t37-,39+/m1/s1. The Balaban J connectivity index is 0.990. The van der Waals surface area contributed by atoms with Crippen LogP contribution in [0, 0.1) is 0 Å². The largest absolute Gasteiger partial charge is 0.372 e. The van der Waals surface area contributed by atoms with Gasteiger partial charge in [0.2, 0.25) is 5.91 Å². The molecule has 0 aliphatic carbocycles. The molecular formula is C39H39N5O2. The van der Waals surface area contributed by atoms with Gasteiger partial charge in [0.25, 0.3) is 0 Å². The minimum atomic E-state index is 0.0191. The van der Waals surface area contributed by atoms with Gasteiger partial charge in [-0.25, -0.2) is 0 Å². The topological polar surface area (TPSA) is 72.3 Å². The number of rotatable bonds is 10. The fourth-order valence-electron chi connectivity index (χ4n) is 6.50. The molecule has 1 fully saturated rings. The van der Waals surface area contributed by atoms with Crippen LogP contribution in [0.15, 0.2) is 115 Å². The van der Waals surface area contributed by atoms with Crippen LogP contribution < -0.4 is 10.2 Å². The Morgan fingerprint density at radius 3 is 2.33 bits per heavy atom. The van der Waals surface area contributed by atoms with Crippen molar-refractivity contribution in [1.29, 1.82) is 0 Å². The minimum absolute atomic E-state index is 0.0191. The van der Waals surface area contributed by atoms with Gasteiger partial charge in [0, 0.05) is 37.8 Å². The quantitative estimate of drug-likeness (QED) is 0.180. The molecule has 7 nitrogen and oxygen atoms in total. The van der Waals surface area contributed by atoms with Gasteiger partial charge in [0.05, 0.1) is 24.9 Å². The summed E-state index contributed by atoms with van der Waals surface area (Å²) in [6.07, 6.45) is 3.85. The first kappa shape index (κ1) is 29.8. The van der Waals surface area contributed by atoms with Gasteiger partial charge in [-0.3, -0.25) is 9.48 Å². The number of aryl methyl sites for hydroxylation is 2. The molecule has 1 aromatic heterocycles. The van der Waals surface area contributed by atoms with Crippen LogP contribution in [-0.4, -0.2) is 40.1 Å². The maximum atomic E-state index is 12.8. The van der Waals surface area contributed by atoms with Crippen molar-refractivity contribution in [3.8, 4) is 0 Å². The molecule has 0 spiro atoms. The Kier molecular flexibility index (Phi) is 8.85. The van der Waals surface area contributed by atoms with E-state index in [1.54, 1.807) is 6.92 Å². The summed E-state index contributed by atoms with van der Waals surface area (Å²) in [6.45, 7) is 5.15. The predicted octanol–water partition coefficient (Wildman–Crippen LogP) is 7.04. The first-order valence-corrected chi connectivity index (χ1v) is 16.1. The third-order valence-electron chi connectivity index (χ3n) is 9.03. The summed E-state index contributed by atoms with van der Waals surface area (Å²) in [5.74, 6) is 0.212. The smallest absolute Gasteiger partial charge is 0.224 e. The van der Waals surface area contributed by atoms with Crippen molar-refractivity contribution < 1.29 is 9.53 Å². The number of carbonyl (C=O) groups is 1. The van der Waals surface area contributed by atoms with Gasteiger partial charge >= 0.3 is 0 Å². The number of hydrogen-bond donors (Lipinski definition) is 1. The number of anilines is 1. The predicted molar refractivity (Wildman–Crippen MR) is 184 cm³/mol. The maximum absolute atomic E-state index is 12.8. The number of hydrogen-bond acceptors (Lipinski definition) is 5. The highest BCUT2D eigenvalue weighted by Gasteiger charge is 2.29. The Hall–Kier alpha value is -4.85. The summed E-state index contributed by atoms with van der Waals surface area (Å²) < 4.78 is 8.40. The first-order valence-electron chi connectivity index (χ1n) is 16.1. The lowest BCUT2D eigenvalue weighted by Crippen LogP contribution is -2.41. The number of benzene rings is 5. The minimum Gasteiger partial charge on any atom is -0.372 e. The Morgan fingerprint density at radius 1 is 0.848 bits per heavy atom. The number of aromatic nitrogens is 3. The molecule has 1 aliphatic rings. The molecule has 1 N–H and O–H groups in total. The molecular weight excluding hydrogens is 570 g/mol. The van der Waals surface area contributed by atoms with Gasteiger partial charge in [0.1, 0.15) is 0 Å². The van der Waals surface area contributed by atoms with E-state index in [9.17, 15) is 4.79 Å². The number of fused-ring (bicyclic) bond motifs is 2. The highest BCUT2D eigenvalue weighted by atomic mass is 16.5. The van der Waals surface area contributed by atoms with E-state index in [0.29, 0.717) is 19.7 Å². The van der Waals surface area contributed by atoms with Crippen molar-refractivity contribution in [2.45, 2.75) is 51.5 Å². The zero-order valence-corrected chi connectivity index (χ0v) is 26.2. The highest BCUT2D eigenvalue weighted by Crippen LogP contribution is 2.28. The summed E-state index contributed by atoms with van der Waals surface area (Å²) in [6, 6.07) is 37.9. The number of ether oxygens (including phenoxy) is 1. The Morgan fingerprint density at radius 2 is 1.57 bits per heavy atom. The fraction of sp³-hybridized carbons (Fsp3) is 0.256. The van der Waals surface area contributed by atoms with Gasteiger partial charge in [-0.05, 0) is 81.9 Å². The van der Waals surface area contributed by atoms with Crippen LogP contribution in [0.1, 0.15) is 41.6 Å². The van der Waals surface area contributed by atoms with Crippen LogP contribution in [0.3, 0.4) is 0 Å². The third-order valence-corrected chi connectivity index (χ3v) is 9.03. The molecule has 1 aliphatic heterocycles. The van der Waals surface area contributed by atoms with Gasteiger partial charge in [-0.15, -0.1) is 5.10 Å². The summed E-state index contributed by atoms with van der Waals surface area (Å²) in [7, 11) is 0. The van der Waals surface area contributed by atoms with Crippen LogP contribution in [0.4, 0.5) is 5.69 Å². The molecule has 232 valence electrons. The van der Waals surface area contributed by atoms with Crippen LogP contribution in [0.2, 0.25) is 0 Å². The van der Waals surface area contributed by atoms with Gasteiger partial charge in [-0.1, -0.05) is 90.1 Å². The van der Waals surface area contributed by atoms with Crippen molar-refractivity contribution in [3.05, 3.63) is 138 Å². The van der Waals surface area contributed by atoms with Gasteiger partial charge < -0.3 is 15.0 Å². The maximum Gasteiger partial charge on any atom is 0.224 e. The van der Waals surface area contributed by atoms with Crippen LogP contribution in [-0.2, 0) is 35.6 Å². The number of nitrogens with zero attached hydrogens (tertiary/aromatic N) is 4. The number of amides is 1. The molecule has 7 heteroatoms. The van der Waals surface area contributed by atoms with Gasteiger partial charge in [-0.2, -0.15) is 0 Å². The molecule has 2 heterocycles. The van der Waals surface area contributed by atoms with Crippen LogP contribution >= 0.6 is 0 Å². The van der Waals surface area contributed by atoms with E-state index in [1.165, 1.54) is 27.1 Å². The lowest BCUT2D eigenvalue weighted by atomic mass is 9.92. The van der Waals surface area contributed by atoms with Crippen molar-refractivity contribution in [1.82, 2.24) is 20.3 Å². The Bertz CT molecular complexity index is 1970. The van der Waals surface area contributed by atoms with E-state index >= 15 is 0 Å². The lowest BCUT2D eigenvalue weighted by Gasteiger charge is -2.30. The average molecular weight is 610 g/mol. The molecule has 46 heavy (non-hydrogen) atoms. The molecule has 2 atom stereocenters. The molecule has 5 aromatic carbocycles. The molecule has 0 saturated carbocycles. The number of carbonyl (C=O) groups excluding carboxylic acids is 1. The van der Waals surface area contributed by atoms with E-state index in [0.717, 1.165) is 48.4 Å². The highest BCUT2D eigenvalue weighted by molar-refractivity contribution is 5.92. The summed E-state index contributed by atoms with van der Waals surface area (Å²) in [5, 5.41) is 17.4. The lowest BCUT2D eigenvalue weighted by molar-refractivity contribution is -0.116. The second-order valence-electron chi connectivity index (χ2n) is 12.2. The summed E-state index contributed by atoms with van der Waals surface area (Å²) >= 11 is 0. The molecule has 0 unspecified atom stereocenters. The Labute approximate surface area is 269 Å². The number of piperidine rings is 1. The van der Waals surface area contributed by atoms with Crippen LogP contribution in [0.5, 0.6) is 0 Å². The summed E-state index contributed by atoms with van der Waals surface area (Å²) in [5.41, 5.74) is 5.31. The SMILES string of the molecule is CC(=O)N(Cc1ccc2ccccc2c1)c1cccc(CCn2cc([C@H]3CCNC[C@@H]3OCc3ccc4ccccc4c3)nn2)c1. The molecule has 0 bridgehead atoms. The van der Waals surface area contributed by atoms with Gasteiger partial charge in [0.15, 0.2) is 0 Å². The zero-order valence-electron chi connectivity index (χ0n) is 26.2. The zero-order chi connectivity index (χ0) is 31.3. The summed E-state index contributed by atoms with van der Waals surface area (Å²) in [4.78, 5) is 14.6. The van der Waals surface area contributed by atoms with E-state index in [-0.39, 0.29) is 17.9 Å².